The molecule has 0 aliphatic rings. The Bertz CT molecular complexity index is 550. The van der Waals surface area contributed by atoms with Gasteiger partial charge in [0.25, 0.3) is 0 Å². The van der Waals surface area contributed by atoms with Gasteiger partial charge in [-0.1, -0.05) is 17.7 Å². The van der Waals surface area contributed by atoms with E-state index in [2.05, 4.69) is 41.2 Å². The first-order chi connectivity index (χ1) is 9.08. The largest absolute Gasteiger partial charge is 0.496 e. The van der Waals surface area contributed by atoms with Gasteiger partial charge in [0, 0.05) is 24.7 Å². The van der Waals surface area contributed by atoms with E-state index in [0.29, 0.717) is 5.82 Å². The number of benzene rings is 1. The minimum absolute atomic E-state index is 0.525. The van der Waals surface area contributed by atoms with Gasteiger partial charge in [0.1, 0.15) is 11.6 Å². The van der Waals surface area contributed by atoms with Gasteiger partial charge in [-0.2, -0.15) is 5.10 Å². The number of H-pyrrole nitrogens is 1. The Morgan fingerprint density at radius 3 is 2.74 bits per heavy atom. The van der Waals surface area contributed by atoms with Gasteiger partial charge in [0.2, 0.25) is 0 Å². The fraction of sp³-hybridized carbons (Fsp3) is 0.357. The lowest BCUT2D eigenvalue weighted by molar-refractivity contribution is 0.306. The highest BCUT2D eigenvalue weighted by atomic mass is 16.5. The van der Waals surface area contributed by atoms with Crippen molar-refractivity contribution in [3.05, 3.63) is 41.1 Å². The van der Waals surface area contributed by atoms with Gasteiger partial charge >= 0.3 is 0 Å². The Morgan fingerprint density at radius 1 is 1.32 bits per heavy atom. The molecule has 0 unspecified atom stereocenters. The number of nitrogens with zero attached hydrogens (tertiary/aromatic N) is 2. The van der Waals surface area contributed by atoms with Crippen molar-refractivity contribution in [1.29, 1.82) is 0 Å². The SMILES string of the molecule is COc1ccc(C)cc1CN(C)Cc1cc(N)n[nH]1. The van der Waals surface area contributed by atoms with E-state index in [9.17, 15) is 0 Å². The van der Waals surface area contributed by atoms with Crippen molar-refractivity contribution in [2.24, 2.45) is 0 Å². The molecule has 0 bridgehead atoms. The van der Waals surface area contributed by atoms with Crippen LogP contribution in [0.25, 0.3) is 0 Å². The number of aromatic amines is 1. The first-order valence-corrected chi connectivity index (χ1v) is 6.20. The zero-order valence-electron chi connectivity index (χ0n) is 11.6. The molecule has 19 heavy (non-hydrogen) atoms. The number of nitrogens with two attached hydrogens (primary N) is 1. The Labute approximate surface area is 113 Å². The molecular formula is C14H20N4O. The molecule has 0 radical (unpaired) electrons. The Morgan fingerprint density at radius 2 is 2.11 bits per heavy atom. The maximum atomic E-state index is 5.59. The fourth-order valence-corrected chi connectivity index (χ4v) is 2.13. The number of anilines is 1. The maximum absolute atomic E-state index is 5.59. The van der Waals surface area contributed by atoms with Gasteiger partial charge in [-0.3, -0.25) is 10.00 Å². The van der Waals surface area contributed by atoms with E-state index < -0.39 is 0 Å². The molecule has 2 rings (SSSR count). The van der Waals surface area contributed by atoms with E-state index in [0.717, 1.165) is 24.5 Å². The maximum Gasteiger partial charge on any atom is 0.145 e. The minimum atomic E-state index is 0.525. The molecule has 5 nitrogen and oxygen atoms in total. The summed E-state index contributed by atoms with van der Waals surface area (Å²) >= 11 is 0. The van der Waals surface area contributed by atoms with Crippen LogP contribution in [0, 0.1) is 6.92 Å². The van der Waals surface area contributed by atoms with Crippen molar-refractivity contribution in [2.75, 3.05) is 19.9 Å². The van der Waals surface area contributed by atoms with Crippen LogP contribution < -0.4 is 10.5 Å². The highest BCUT2D eigenvalue weighted by molar-refractivity contribution is 5.36. The Kier molecular flexibility index (Phi) is 4.06. The number of nitrogens with one attached hydrogen (secondary N) is 1. The van der Waals surface area contributed by atoms with Gasteiger partial charge in [0.05, 0.1) is 12.8 Å². The standard InChI is InChI=1S/C14H20N4O/c1-10-4-5-13(19-3)11(6-10)8-18(2)9-12-7-14(15)17-16-12/h4-7H,8-9H2,1-3H3,(H3,15,16,17). The molecule has 1 aromatic carbocycles. The molecule has 0 amide bonds. The summed E-state index contributed by atoms with van der Waals surface area (Å²) in [5.41, 5.74) is 9.01. The molecule has 0 saturated carbocycles. The fourth-order valence-electron chi connectivity index (χ4n) is 2.13. The summed E-state index contributed by atoms with van der Waals surface area (Å²) in [4.78, 5) is 2.18. The number of aryl methyl sites for hydroxylation is 1. The summed E-state index contributed by atoms with van der Waals surface area (Å²) in [6, 6.07) is 8.06. The van der Waals surface area contributed by atoms with Crippen molar-refractivity contribution < 1.29 is 4.74 Å². The molecule has 0 aliphatic carbocycles. The third-order valence-corrected chi connectivity index (χ3v) is 2.97. The summed E-state index contributed by atoms with van der Waals surface area (Å²) in [5.74, 6) is 1.44. The summed E-state index contributed by atoms with van der Waals surface area (Å²) in [6.45, 7) is 3.66. The Hall–Kier alpha value is -2.01. The van der Waals surface area contributed by atoms with E-state index in [1.807, 2.05) is 12.1 Å². The number of nitrogen functional groups attached to an aromatic ring is 1. The average molecular weight is 260 g/mol. The zero-order valence-corrected chi connectivity index (χ0v) is 11.6. The lowest BCUT2D eigenvalue weighted by atomic mass is 10.1. The van der Waals surface area contributed by atoms with Crippen molar-refractivity contribution in [1.82, 2.24) is 15.1 Å². The Balaban J connectivity index is 2.05. The molecule has 0 fully saturated rings. The highest BCUT2D eigenvalue weighted by Crippen LogP contribution is 2.21. The van der Waals surface area contributed by atoms with E-state index in [4.69, 9.17) is 10.5 Å². The quantitative estimate of drug-likeness (QED) is 0.862. The van der Waals surface area contributed by atoms with Crippen molar-refractivity contribution in [3.8, 4) is 5.75 Å². The van der Waals surface area contributed by atoms with Crippen molar-refractivity contribution in [3.63, 3.8) is 0 Å². The molecule has 1 aromatic heterocycles. The predicted molar refractivity (Wildman–Crippen MR) is 75.9 cm³/mol. The summed E-state index contributed by atoms with van der Waals surface area (Å²) in [6.07, 6.45) is 0. The van der Waals surface area contributed by atoms with Crippen LogP contribution in [0.2, 0.25) is 0 Å². The zero-order chi connectivity index (χ0) is 13.8. The van der Waals surface area contributed by atoms with E-state index in [1.54, 1.807) is 7.11 Å². The minimum Gasteiger partial charge on any atom is -0.496 e. The molecular weight excluding hydrogens is 240 g/mol. The lowest BCUT2D eigenvalue weighted by Gasteiger charge is -2.18. The third-order valence-electron chi connectivity index (χ3n) is 2.97. The molecule has 0 aliphatic heterocycles. The van der Waals surface area contributed by atoms with Gasteiger partial charge in [0.15, 0.2) is 0 Å². The second-order valence-corrected chi connectivity index (χ2v) is 4.81. The number of ether oxygens (including phenoxy) is 1. The molecule has 0 spiro atoms. The molecule has 102 valence electrons. The molecule has 2 aromatic rings. The first kappa shape index (κ1) is 13.4. The van der Waals surface area contributed by atoms with Gasteiger partial charge in [-0.25, -0.2) is 0 Å². The van der Waals surface area contributed by atoms with Crippen LogP contribution in [-0.2, 0) is 13.1 Å². The topological polar surface area (TPSA) is 67.2 Å². The predicted octanol–water partition coefficient (Wildman–Crippen LogP) is 1.94. The second kappa shape index (κ2) is 5.75. The second-order valence-electron chi connectivity index (χ2n) is 4.81. The van der Waals surface area contributed by atoms with E-state index in [-0.39, 0.29) is 0 Å². The monoisotopic (exact) mass is 260 g/mol. The molecule has 5 heteroatoms. The first-order valence-electron chi connectivity index (χ1n) is 6.20. The average Bonchev–Trinajstić information content (AvgIpc) is 2.75. The molecule has 1 heterocycles. The van der Waals surface area contributed by atoms with Crippen LogP contribution in [0.15, 0.2) is 24.3 Å². The van der Waals surface area contributed by atoms with Crippen LogP contribution in [0.1, 0.15) is 16.8 Å². The van der Waals surface area contributed by atoms with E-state index >= 15 is 0 Å². The number of aromatic nitrogens is 2. The third kappa shape index (κ3) is 3.48. The van der Waals surface area contributed by atoms with Gasteiger partial charge in [-0.15, -0.1) is 0 Å². The van der Waals surface area contributed by atoms with Crippen LogP contribution in [-0.4, -0.2) is 29.3 Å². The summed E-state index contributed by atoms with van der Waals surface area (Å²) < 4.78 is 5.39. The van der Waals surface area contributed by atoms with Crippen LogP contribution >= 0.6 is 0 Å². The number of hydrogen-bond acceptors (Lipinski definition) is 4. The number of hydrogen-bond donors (Lipinski definition) is 2. The number of methoxy groups -OCH3 is 1. The smallest absolute Gasteiger partial charge is 0.145 e. The highest BCUT2D eigenvalue weighted by Gasteiger charge is 2.08. The number of rotatable bonds is 5. The van der Waals surface area contributed by atoms with Gasteiger partial charge in [-0.05, 0) is 20.0 Å². The van der Waals surface area contributed by atoms with E-state index in [1.165, 1.54) is 11.1 Å². The van der Waals surface area contributed by atoms with Crippen LogP contribution in [0.3, 0.4) is 0 Å². The van der Waals surface area contributed by atoms with Crippen molar-refractivity contribution in [2.45, 2.75) is 20.0 Å². The molecule has 0 atom stereocenters. The van der Waals surface area contributed by atoms with Crippen LogP contribution in [0.5, 0.6) is 5.75 Å². The molecule has 0 saturated heterocycles. The molecule has 3 N–H and O–H groups in total. The summed E-state index contributed by atoms with van der Waals surface area (Å²) in [5, 5.41) is 6.84. The lowest BCUT2D eigenvalue weighted by Crippen LogP contribution is -2.18. The van der Waals surface area contributed by atoms with Gasteiger partial charge < -0.3 is 10.5 Å². The summed E-state index contributed by atoms with van der Waals surface area (Å²) in [7, 11) is 3.75. The van der Waals surface area contributed by atoms with Crippen LogP contribution in [0.4, 0.5) is 5.82 Å². The normalized spacial score (nSPS) is 10.9. The van der Waals surface area contributed by atoms with Crippen molar-refractivity contribution >= 4 is 5.82 Å².